The Morgan fingerprint density at radius 3 is 2.81 bits per heavy atom. The fourth-order valence-electron chi connectivity index (χ4n) is 2.09. The third kappa shape index (κ3) is 2.85. The number of unbranched alkanes of at least 4 members (excludes halogenated alkanes) is 3. The number of benzene rings is 2. The van der Waals surface area contributed by atoms with Gasteiger partial charge >= 0.3 is 0 Å². The van der Waals surface area contributed by atoms with E-state index in [1.54, 1.807) is 0 Å². The molecule has 0 fully saturated rings. The molecular weight excluding hydrogens is 192 g/mol. The van der Waals surface area contributed by atoms with Crippen molar-refractivity contribution in [2.45, 2.75) is 39.0 Å². The molecule has 0 heterocycles. The summed E-state index contributed by atoms with van der Waals surface area (Å²) in [6.45, 7) is 2.26. The Morgan fingerprint density at radius 2 is 1.94 bits per heavy atom. The van der Waals surface area contributed by atoms with Crippen molar-refractivity contribution in [1.29, 1.82) is 0 Å². The molecule has 0 N–H and O–H groups in total. The van der Waals surface area contributed by atoms with Gasteiger partial charge in [-0.25, -0.2) is 0 Å². The minimum absolute atomic E-state index is 1.21. The highest BCUT2D eigenvalue weighted by atomic mass is 14.0. The second kappa shape index (κ2) is 5.69. The van der Waals surface area contributed by atoms with Crippen LogP contribution in [-0.2, 0) is 6.42 Å². The molecule has 0 bridgehead atoms. The number of fused-ring (bicyclic) bond motifs is 1. The fraction of sp³-hybridized carbons (Fsp3) is 0.375. The summed E-state index contributed by atoms with van der Waals surface area (Å²) in [6, 6.07) is 16.1. The third-order valence-corrected chi connectivity index (χ3v) is 3.07. The van der Waals surface area contributed by atoms with Gasteiger partial charge in [0.25, 0.3) is 0 Å². The van der Waals surface area contributed by atoms with Crippen molar-refractivity contribution in [3.8, 4) is 0 Å². The van der Waals surface area contributed by atoms with E-state index in [0.717, 1.165) is 0 Å². The van der Waals surface area contributed by atoms with Crippen LogP contribution in [0, 0.1) is 6.07 Å². The molecule has 0 atom stereocenters. The van der Waals surface area contributed by atoms with Gasteiger partial charge in [0, 0.05) is 0 Å². The van der Waals surface area contributed by atoms with Gasteiger partial charge in [0.05, 0.1) is 0 Å². The average molecular weight is 211 g/mol. The van der Waals surface area contributed by atoms with Gasteiger partial charge in [-0.05, 0) is 41.3 Å². The predicted molar refractivity (Wildman–Crippen MR) is 70.6 cm³/mol. The first-order valence-corrected chi connectivity index (χ1v) is 6.29. The van der Waals surface area contributed by atoms with Gasteiger partial charge in [0.1, 0.15) is 0 Å². The van der Waals surface area contributed by atoms with Crippen molar-refractivity contribution >= 4 is 10.8 Å². The van der Waals surface area contributed by atoms with Crippen LogP contribution in [0.3, 0.4) is 0 Å². The molecule has 0 aromatic heterocycles. The monoisotopic (exact) mass is 211 g/mol. The van der Waals surface area contributed by atoms with Crippen molar-refractivity contribution in [3.05, 3.63) is 48.0 Å². The summed E-state index contributed by atoms with van der Waals surface area (Å²) >= 11 is 0. The van der Waals surface area contributed by atoms with Crippen molar-refractivity contribution in [2.75, 3.05) is 0 Å². The van der Waals surface area contributed by atoms with E-state index in [-0.39, 0.29) is 0 Å². The molecule has 0 nitrogen and oxygen atoms in total. The lowest BCUT2D eigenvalue weighted by atomic mass is 10.0. The Morgan fingerprint density at radius 1 is 1.00 bits per heavy atom. The van der Waals surface area contributed by atoms with Crippen LogP contribution in [0.15, 0.2) is 36.4 Å². The summed E-state index contributed by atoms with van der Waals surface area (Å²) in [7, 11) is 0. The van der Waals surface area contributed by atoms with Crippen LogP contribution < -0.4 is 0 Å². The molecular formula is C16H19. The highest BCUT2D eigenvalue weighted by Crippen LogP contribution is 2.17. The maximum absolute atomic E-state index is 3.14. The molecule has 0 aliphatic heterocycles. The second-order valence-electron chi connectivity index (χ2n) is 4.42. The lowest BCUT2D eigenvalue weighted by molar-refractivity contribution is 0.667. The van der Waals surface area contributed by atoms with Crippen LogP contribution in [0.25, 0.3) is 10.8 Å². The SMILES string of the molecule is CCCCCCc1ccc2cc[c]cc2c1. The fourth-order valence-corrected chi connectivity index (χ4v) is 2.09. The summed E-state index contributed by atoms with van der Waals surface area (Å²) in [4.78, 5) is 0. The molecule has 0 aliphatic carbocycles. The molecule has 0 spiro atoms. The zero-order valence-electron chi connectivity index (χ0n) is 10.00. The van der Waals surface area contributed by atoms with E-state index in [9.17, 15) is 0 Å². The molecule has 0 unspecified atom stereocenters. The topological polar surface area (TPSA) is 0 Å². The van der Waals surface area contributed by atoms with Crippen molar-refractivity contribution in [2.24, 2.45) is 0 Å². The van der Waals surface area contributed by atoms with E-state index < -0.39 is 0 Å². The predicted octanol–water partition coefficient (Wildman–Crippen LogP) is 4.76. The van der Waals surface area contributed by atoms with Crippen LogP contribution in [-0.4, -0.2) is 0 Å². The van der Waals surface area contributed by atoms with Gasteiger partial charge < -0.3 is 0 Å². The third-order valence-electron chi connectivity index (χ3n) is 3.07. The Balaban J connectivity index is 2.02. The van der Waals surface area contributed by atoms with Crippen LogP contribution in [0.1, 0.15) is 38.2 Å². The minimum Gasteiger partial charge on any atom is -0.0654 e. The number of rotatable bonds is 5. The summed E-state index contributed by atoms with van der Waals surface area (Å²) in [6.07, 6.45) is 6.56. The Bertz CT molecular complexity index is 442. The van der Waals surface area contributed by atoms with E-state index in [0.29, 0.717) is 0 Å². The molecule has 2 rings (SSSR count). The first-order chi connectivity index (χ1) is 7.90. The quantitative estimate of drug-likeness (QED) is 0.625. The highest BCUT2D eigenvalue weighted by Gasteiger charge is 1.96. The molecule has 0 saturated carbocycles. The van der Waals surface area contributed by atoms with E-state index in [1.807, 2.05) is 6.07 Å². The second-order valence-corrected chi connectivity index (χ2v) is 4.42. The summed E-state index contributed by atoms with van der Waals surface area (Å²) in [5.41, 5.74) is 1.46. The Labute approximate surface area is 98.3 Å². The molecule has 2 aromatic carbocycles. The molecule has 2 aromatic rings. The number of hydrogen-bond donors (Lipinski definition) is 0. The van der Waals surface area contributed by atoms with E-state index in [4.69, 9.17) is 0 Å². The zero-order chi connectivity index (χ0) is 11.2. The van der Waals surface area contributed by atoms with Gasteiger partial charge in [0.15, 0.2) is 0 Å². The maximum Gasteiger partial charge on any atom is -0.0175 e. The first kappa shape index (κ1) is 11.2. The zero-order valence-corrected chi connectivity index (χ0v) is 10.00. The van der Waals surface area contributed by atoms with E-state index in [2.05, 4.69) is 43.3 Å². The smallest absolute Gasteiger partial charge is 0.0175 e. The summed E-state index contributed by atoms with van der Waals surface area (Å²) < 4.78 is 0. The highest BCUT2D eigenvalue weighted by molar-refractivity contribution is 5.82. The maximum atomic E-state index is 3.14. The van der Waals surface area contributed by atoms with Gasteiger partial charge in [0.2, 0.25) is 0 Å². The largest absolute Gasteiger partial charge is 0.0654 e. The van der Waals surface area contributed by atoms with E-state index in [1.165, 1.54) is 48.4 Å². The summed E-state index contributed by atoms with van der Waals surface area (Å²) in [5, 5.41) is 2.63. The Hall–Kier alpha value is -1.30. The standard InChI is InChI=1S/C16H19/c1-2-3-4-5-8-14-11-12-15-9-6-7-10-16(15)13-14/h6,9-13H,2-5,8H2,1H3. The van der Waals surface area contributed by atoms with Crippen molar-refractivity contribution < 1.29 is 0 Å². The molecule has 0 aliphatic rings. The van der Waals surface area contributed by atoms with Gasteiger partial charge in [-0.2, -0.15) is 0 Å². The molecule has 0 amide bonds. The minimum atomic E-state index is 1.21. The number of aryl methyl sites for hydroxylation is 1. The lowest BCUT2D eigenvalue weighted by Crippen LogP contribution is -1.86. The normalized spacial score (nSPS) is 10.8. The van der Waals surface area contributed by atoms with Crippen LogP contribution in [0.5, 0.6) is 0 Å². The molecule has 16 heavy (non-hydrogen) atoms. The molecule has 1 radical (unpaired) electrons. The van der Waals surface area contributed by atoms with Gasteiger partial charge in [-0.15, -0.1) is 0 Å². The Kier molecular flexibility index (Phi) is 3.98. The van der Waals surface area contributed by atoms with Crippen molar-refractivity contribution in [1.82, 2.24) is 0 Å². The summed E-state index contributed by atoms with van der Waals surface area (Å²) in [5.74, 6) is 0. The van der Waals surface area contributed by atoms with Gasteiger partial charge in [-0.3, -0.25) is 0 Å². The first-order valence-electron chi connectivity index (χ1n) is 6.29. The van der Waals surface area contributed by atoms with Crippen molar-refractivity contribution in [3.63, 3.8) is 0 Å². The van der Waals surface area contributed by atoms with Crippen LogP contribution in [0.2, 0.25) is 0 Å². The van der Waals surface area contributed by atoms with Gasteiger partial charge in [-0.1, -0.05) is 56.5 Å². The number of hydrogen-bond acceptors (Lipinski definition) is 0. The molecule has 0 heteroatoms. The molecule has 83 valence electrons. The van der Waals surface area contributed by atoms with E-state index >= 15 is 0 Å². The van der Waals surface area contributed by atoms with Crippen LogP contribution in [0.4, 0.5) is 0 Å². The van der Waals surface area contributed by atoms with Crippen LogP contribution >= 0.6 is 0 Å². The lowest BCUT2D eigenvalue weighted by Gasteiger charge is -2.03. The molecule has 0 saturated heterocycles. The average Bonchev–Trinajstić information content (AvgIpc) is 2.34.